The summed E-state index contributed by atoms with van der Waals surface area (Å²) in [5, 5.41) is 4.07. The van der Waals surface area contributed by atoms with Crippen molar-refractivity contribution in [1.82, 2.24) is 9.97 Å². The lowest BCUT2D eigenvalue weighted by atomic mass is 10.0. The fourth-order valence-corrected chi connectivity index (χ4v) is 4.20. The second-order valence-electron chi connectivity index (χ2n) is 6.03. The number of aromatic nitrogens is 2. The first-order valence-corrected chi connectivity index (χ1v) is 9.27. The van der Waals surface area contributed by atoms with Crippen molar-refractivity contribution in [1.29, 1.82) is 0 Å². The fraction of sp³-hybridized carbons (Fsp3) is 0.100. The molecule has 0 bridgehead atoms. The first kappa shape index (κ1) is 16.9. The molecule has 0 aliphatic carbocycles. The highest BCUT2D eigenvalue weighted by Crippen LogP contribution is 2.42. The molecule has 0 fully saturated rings. The average molecular weight is 384 g/mol. The van der Waals surface area contributed by atoms with Crippen LogP contribution in [0.3, 0.4) is 0 Å². The lowest BCUT2D eigenvalue weighted by molar-refractivity contribution is 0.632. The highest BCUT2D eigenvalue weighted by atomic mass is 35.5. The van der Waals surface area contributed by atoms with Crippen molar-refractivity contribution in [2.45, 2.75) is 13.8 Å². The summed E-state index contributed by atoms with van der Waals surface area (Å²) >= 11 is 7.66. The molecule has 4 aromatic rings. The number of nitrogens with one attached hydrogen (secondary N) is 1. The maximum Gasteiger partial charge on any atom is 0.225 e. The summed E-state index contributed by atoms with van der Waals surface area (Å²) in [5.74, 6) is 0.157. The second kappa shape index (κ2) is 6.67. The molecule has 26 heavy (non-hydrogen) atoms. The van der Waals surface area contributed by atoms with Crippen molar-refractivity contribution < 1.29 is 4.39 Å². The predicted octanol–water partition coefficient (Wildman–Crippen LogP) is 6.51. The van der Waals surface area contributed by atoms with Crippen LogP contribution in [-0.4, -0.2) is 9.97 Å². The van der Waals surface area contributed by atoms with Gasteiger partial charge in [0.25, 0.3) is 0 Å². The SMILES string of the molecule is Cc1ccc(-c2c(C)sc3nc(Cl)nc(Nc4ccccc4F)c23)cc1. The standard InChI is InChI=1S/C20H15ClFN3S/c1-11-7-9-13(10-8-11)16-12(2)26-19-17(16)18(24-20(21)25-19)23-15-6-4-3-5-14(15)22/h3-10H,1-2H3,(H,23,24,25). The Morgan fingerprint density at radius 3 is 2.46 bits per heavy atom. The Balaban J connectivity index is 1.95. The van der Waals surface area contributed by atoms with E-state index in [0.717, 1.165) is 26.2 Å². The number of benzene rings is 2. The van der Waals surface area contributed by atoms with Crippen LogP contribution in [0, 0.1) is 19.7 Å². The molecule has 130 valence electrons. The number of hydrogen-bond donors (Lipinski definition) is 1. The number of anilines is 2. The second-order valence-corrected chi connectivity index (χ2v) is 7.57. The molecule has 3 nitrogen and oxygen atoms in total. The Kier molecular flexibility index (Phi) is 4.34. The summed E-state index contributed by atoms with van der Waals surface area (Å²) in [6.07, 6.45) is 0. The van der Waals surface area contributed by atoms with Crippen molar-refractivity contribution in [3.63, 3.8) is 0 Å². The van der Waals surface area contributed by atoms with Crippen LogP contribution in [0.1, 0.15) is 10.4 Å². The summed E-state index contributed by atoms with van der Waals surface area (Å²) < 4.78 is 14.1. The lowest BCUT2D eigenvalue weighted by Crippen LogP contribution is -1.98. The Hall–Kier alpha value is -2.50. The minimum absolute atomic E-state index is 0.132. The molecule has 2 aromatic carbocycles. The molecule has 0 saturated carbocycles. The summed E-state index contributed by atoms with van der Waals surface area (Å²) in [5.41, 5.74) is 3.65. The monoisotopic (exact) mass is 383 g/mol. The van der Waals surface area contributed by atoms with Crippen LogP contribution in [0.4, 0.5) is 15.9 Å². The average Bonchev–Trinajstić information content (AvgIpc) is 2.93. The van der Waals surface area contributed by atoms with E-state index in [9.17, 15) is 4.39 Å². The smallest absolute Gasteiger partial charge is 0.225 e. The number of nitrogens with zero attached hydrogens (tertiary/aromatic N) is 2. The zero-order valence-corrected chi connectivity index (χ0v) is 15.7. The van der Waals surface area contributed by atoms with Crippen molar-refractivity contribution in [3.05, 3.63) is 70.1 Å². The molecule has 0 unspecified atom stereocenters. The maximum absolute atomic E-state index is 14.1. The Morgan fingerprint density at radius 1 is 1.00 bits per heavy atom. The fourth-order valence-electron chi connectivity index (χ4n) is 2.93. The summed E-state index contributed by atoms with van der Waals surface area (Å²) in [4.78, 5) is 10.6. The van der Waals surface area contributed by atoms with Gasteiger partial charge in [-0.2, -0.15) is 4.98 Å². The van der Waals surface area contributed by atoms with E-state index in [4.69, 9.17) is 11.6 Å². The molecular weight excluding hydrogens is 369 g/mol. The molecule has 6 heteroatoms. The number of halogens is 2. The Bertz CT molecular complexity index is 1110. The van der Waals surface area contributed by atoms with E-state index in [1.54, 1.807) is 29.5 Å². The quantitative estimate of drug-likeness (QED) is 0.410. The van der Waals surface area contributed by atoms with Crippen molar-refractivity contribution in [2.24, 2.45) is 0 Å². The van der Waals surface area contributed by atoms with E-state index in [1.165, 1.54) is 11.6 Å². The topological polar surface area (TPSA) is 37.8 Å². The van der Waals surface area contributed by atoms with Gasteiger partial charge in [0.2, 0.25) is 5.28 Å². The first-order valence-electron chi connectivity index (χ1n) is 8.08. The van der Waals surface area contributed by atoms with E-state index in [1.807, 2.05) is 6.92 Å². The van der Waals surface area contributed by atoms with Gasteiger partial charge in [-0.3, -0.25) is 0 Å². The largest absolute Gasteiger partial charge is 0.337 e. The summed E-state index contributed by atoms with van der Waals surface area (Å²) in [6.45, 7) is 4.10. The highest BCUT2D eigenvalue weighted by molar-refractivity contribution is 7.19. The van der Waals surface area contributed by atoms with Crippen LogP contribution >= 0.6 is 22.9 Å². The van der Waals surface area contributed by atoms with Crippen LogP contribution in [0.5, 0.6) is 0 Å². The van der Waals surface area contributed by atoms with Crippen LogP contribution in [0.15, 0.2) is 48.5 Å². The van der Waals surface area contributed by atoms with Gasteiger partial charge in [0.1, 0.15) is 16.5 Å². The van der Waals surface area contributed by atoms with E-state index in [2.05, 4.69) is 46.5 Å². The van der Waals surface area contributed by atoms with Crippen LogP contribution in [-0.2, 0) is 0 Å². The molecule has 0 saturated heterocycles. The van der Waals surface area contributed by atoms with Gasteiger partial charge < -0.3 is 5.32 Å². The molecule has 0 spiro atoms. The van der Waals surface area contributed by atoms with Gasteiger partial charge in [0, 0.05) is 10.4 Å². The van der Waals surface area contributed by atoms with Gasteiger partial charge in [0.15, 0.2) is 0 Å². The Morgan fingerprint density at radius 2 is 1.73 bits per heavy atom. The van der Waals surface area contributed by atoms with Gasteiger partial charge in [-0.05, 0) is 43.1 Å². The number of aryl methyl sites for hydroxylation is 2. The van der Waals surface area contributed by atoms with E-state index in [0.29, 0.717) is 11.5 Å². The molecular formula is C20H15ClFN3S. The van der Waals surface area contributed by atoms with E-state index >= 15 is 0 Å². The van der Waals surface area contributed by atoms with Crippen LogP contribution < -0.4 is 5.32 Å². The van der Waals surface area contributed by atoms with Gasteiger partial charge in [-0.25, -0.2) is 9.37 Å². The van der Waals surface area contributed by atoms with Crippen molar-refractivity contribution in [3.8, 4) is 11.1 Å². The molecule has 2 heterocycles. The molecule has 0 aliphatic rings. The highest BCUT2D eigenvalue weighted by Gasteiger charge is 2.19. The molecule has 0 amide bonds. The molecule has 2 aromatic heterocycles. The zero-order chi connectivity index (χ0) is 18.3. The van der Waals surface area contributed by atoms with Gasteiger partial charge in [0.05, 0.1) is 11.1 Å². The molecule has 4 rings (SSSR count). The van der Waals surface area contributed by atoms with Gasteiger partial charge in [-0.15, -0.1) is 11.3 Å². The van der Waals surface area contributed by atoms with E-state index in [-0.39, 0.29) is 11.1 Å². The van der Waals surface area contributed by atoms with Gasteiger partial charge in [-0.1, -0.05) is 42.0 Å². The molecule has 0 radical (unpaired) electrons. The number of thiophene rings is 1. The maximum atomic E-state index is 14.1. The van der Waals surface area contributed by atoms with Crippen molar-refractivity contribution in [2.75, 3.05) is 5.32 Å². The number of hydrogen-bond acceptors (Lipinski definition) is 4. The number of fused-ring (bicyclic) bond motifs is 1. The van der Waals surface area contributed by atoms with Crippen LogP contribution in [0.25, 0.3) is 21.3 Å². The van der Waals surface area contributed by atoms with E-state index < -0.39 is 0 Å². The third kappa shape index (κ3) is 3.04. The molecule has 0 atom stereocenters. The Labute approximate surface area is 159 Å². The minimum Gasteiger partial charge on any atom is -0.337 e. The third-order valence-electron chi connectivity index (χ3n) is 4.17. The lowest BCUT2D eigenvalue weighted by Gasteiger charge is -2.10. The first-order chi connectivity index (χ1) is 12.5. The molecule has 1 N–H and O–H groups in total. The van der Waals surface area contributed by atoms with Crippen LogP contribution in [0.2, 0.25) is 5.28 Å². The summed E-state index contributed by atoms with van der Waals surface area (Å²) in [6, 6.07) is 14.8. The number of para-hydroxylation sites is 1. The third-order valence-corrected chi connectivity index (χ3v) is 5.34. The number of rotatable bonds is 3. The normalized spacial score (nSPS) is 11.1. The predicted molar refractivity (Wildman–Crippen MR) is 107 cm³/mol. The zero-order valence-electron chi connectivity index (χ0n) is 14.2. The van der Waals surface area contributed by atoms with Gasteiger partial charge >= 0.3 is 0 Å². The summed E-state index contributed by atoms with van der Waals surface area (Å²) in [7, 11) is 0. The van der Waals surface area contributed by atoms with Crippen molar-refractivity contribution >= 4 is 44.7 Å². The molecule has 0 aliphatic heterocycles. The minimum atomic E-state index is -0.348.